The molecule has 90 valence electrons. The molecule has 0 aromatic heterocycles. The molecule has 0 radical (unpaired) electrons. The van der Waals surface area contributed by atoms with Gasteiger partial charge in [0.1, 0.15) is 0 Å². The second-order valence-electron chi connectivity index (χ2n) is 3.82. The van der Waals surface area contributed by atoms with Gasteiger partial charge in [0.05, 0.1) is 17.0 Å². The van der Waals surface area contributed by atoms with Crippen molar-refractivity contribution in [3.8, 4) is 0 Å². The van der Waals surface area contributed by atoms with Crippen molar-refractivity contribution < 1.29 is 14.7 Å². The van der Waals surface area contributed by atoms with Crippen LogP contribution in [0.4, 0.5) is 5.69 Å². The van der Waals surface area contributed by atoms with Crippen LogP contribution in [0.1, 0.15) is 23.7 Å². The van der Waals surface area contributed by atoms with Crippen molar-refractivity contribution in [2.75, 3.05) is 17.2 Å². The highest BCUT2D eigenvalue weighted by molar-refractivity contribution is 8.00. The Morgan fingerprint density at radius 2 is 2.29 bits per heavy atom. The molecular weight excluding hydrogens is 238 g/mol. The number of anilines is 1. The molecule has 17 heavy (non-hydrogen) atoms. The quantitative estimate of drug-likeness (QED) is 0.895. The van der Waals surface area contributed by atoms with Crippen LogP contribution in [0.25, 0.3) is 0 Å². The van der Waals surface area contributed by atoms with Crippen LogP contribution >= 0.6 is 11.8 Å². The van der Waals surface area contributed by atoms with Gasteiger partial charge in [0, 0.05) is 11.4 Å². The summed E-state index contributed by atoms with van der Waals surface area (Å²) in [5.74, 6) is -0.462. The molecular formula is C12H13NO3S. The Bertz CT molecular complexity index is 473. The third-order valence-electron chi connectivity index (χ3n) is 2.60. The minimum absolute atomic E-state index is 0.0902. The van der Waals surface area contributed by atoms with E-state index in [4.69, 9.17) is 5.11 Å². The van der Waals surface area contributed by atoms with Gasteiger partial charge in [-0.3, -0.25) is 4.79 Å². The highest BCUT2D eigenvalue weighted by atomic mass is 32.2. The number of carboxylic acid groups (broad SMARTS) is 1. The fourth-order valence-corrected chi connectivity index (χ4v) is 2.78. The van der Waals surface area contributed by atoms with Crippen LogP contribution in [0.15, 0.2) is 23.1 Å². The van der Waals surface area contributed by atoms with Crippen LogP contribution in [-0.2, 0) is 4.79 Å². The summed E-state index contributed by atoms with van der Waals surface area (Å²) in [5, 5.41) is 8.92. The molecule has 5 heteroatoms. The van der Waals surface area contributed by atoms with Gasteiger partial charge in [0.25, 0.3) is 0 Å². The Hall–Kier alpha value is -1.49. The average Bonchev–Trinajstić information content (AvgIpc) is 2.32. The Morgan fingerprint density at radius 3 is 2.94 bits per heavy atom. The summed E-state index contributed by atoms with van der Waals surface area (Å²) in [4.78, 5) is 25.2. The summed E-state index contributed by atoms with van der Waals surface area (Å²) in [6.45, 7) is 2.69. The molecule has 0 atom stereocenters. The number of aromatic carboxylic acids is 1. The van der Waals surface area contributed by atoms with Gasteiger partial charge in [0.2, 0.25) is 5.91 Å². The minimum Gasteiger partial charge on any atom is -0.478 e. The number of amides is 1. The summed E-state index contributed by atoms with van der Waals surface area (Å²) >= 11 is 1.40. The maximum absolute atomic E-state index is 11.8. The fourth-order valence-electron chi connectivity index (χ4n) is 1.81. The summed E-state index contributed by atoms with van der Waals surface area (Å²) in [6.07, 6.45) is 0.885. The second-order valence-corrected chi connectivity index (χ2v) is 4.84. The van der Waals surface area contributed by atoms with Crippen LogP contribution in [-0.4, -0.2) is 29.3 Å². The van der Waals surface area contributed by atoms with E-state index >= 15 is 0 Å². The van der Waals surface area contributed by atoms with Gasteiger partial charge in [-0.1, -0.05) is 6.92 Å². The van der Waals surface area contributed by atoms with Crippen LogP contribution in [0.5, 0.6) is 0 Å². The normalized spacial score (nSPS) is 14.6. The molecule has 4 nitrogen and oxygen atoms in total. The molecule has 1 N–H and O–H groups in total. The van der Waals surface area contributed by atoms with Crippen molar-refractivity contribution in [3.63, 3.8) is 0 Å². The lowest BCUT2D eigenvalue weighted by Gasteiger charge is -2.28. The van der Waals surface area contributed by atoms with Gasteiger partial charge in [-0.15, -0.1) is 11.8 Å². The highest BCUT2D eigenvalue weighted by Crippen LogP contribution is 2.36. The zero-order valence-electron chi connectivity index (χ0n) is 9.47. The first kappa shape index (κ1) is 12.0. The molecule has 1 amide bonds. The molecule has 0 spiro atoms. The molecule has 2 rings (SSSR count). The van der Waals surface area contributed by atoms with Crippen molar-refractivity contribution in [3.05, 3.63) is 23.8 Å². The van der Waals surface area contributed by atoms with Crippen LogP contribution < -0.4 is 4.90 Å². The molecule has 1 aromatic rings. The number of thioether (sulfide) groups is 1. The first-order valence-corrected chi connectivity index (χ1v) is 6.42. The maximum atomic E-state index is 11.8. The van der Waals surface area contributed by atoms with Crippen molar-refractivity contribution in [1.29, 1.82) is 0 Å². The number of carbonyl (C=O) groups excluding carboxylic acids is 1. The average molecular weight is 251 g/mol. The summed E-state index contributed by atoms with van der Waals surface area (Å²) in [7, 11) is 0. The maximum Gasteiger partial charge on any atom is 0.335 e. The number of carboxylic acids is 1. The lowest BCUT2D eigenvalue weighted by Crippen LogP contribution is -2.35. The zero-order chi connectivity index (χ0) is 12.4. The van der Waals surface area contributed by atoms with Crippen molar-refractivity contribution >= 4 is 29.3 Å². The largest absolute Gasteiger partial charge is 0.478 e. The van der Waals surface area contributed by atoms with Gasteiger partial charge < -0.3 is 10.0 Å². The van der Waals surface area contributed by atoms with Gasteiger partial charge in [-0.05, 0) is 24.6 Å². The third kappa shape index (κ3) is 2.29. The Labute approximate surface area is 104 Å². The number of carbonyl (C=O) groups is 2. The van der Waals surface area contributed by atoms with E-state index in [1.807, 2.05) is 6.92 Å². The highest BCUT2D eigenvalue weighted by Gasteiger charge is 2.24. The topological polar surface area (TPSA) is 57.6 Å². The minimum atomic E-state index is -0.938. The summed E-state index contributed by atoms with van der Waals surface area (Å²) < 4.78 is 0. The molecule has 0 fully saturated rings. The summed E-state index contributed by atoms with van der Waals surface area (Å²) in [6, 6.07) is 4.90. The first-order chi connectivity index (χ1) is 8.13. The lowest BCUT2D eigenvalue weighted by molar-refractivity contribution is -0.116. The number of benzene rings is 1. The molecule has 0 aliphatic carbocycles. The van der Waals surface area contributed by atoms with Crippen molar-refractivity contribution in [2.24, 2.45) is 0 Å². The lowest BCUT2D eigenvalue weighted by atomic mass is 10.2. The van der Waals surface area contributed by atoms with Gasteiger partial charge in [-0.2, -0.15) is 0 Å². The number of nitrogens with zero attached hydrogens (tertiary/aromatic N) is 1. The van der Waals surface area contributed by atoms with E-state index in [9.17, 15) is 9.59 Å². The van der Waals surface area contributed by atoms with Crippen molar-refractivity contribution in [1.82, 2.24) is 0 Å². The van der Waals surface area contributed by atoms with Crippen LogP contribution in [0.2, 0.25) is 0 Å². The van der Waals surface area contributed by atoms with E-state index in [0.29, 0.717) is 12.3 Å². The predicted molar refractivity (Wildman–Crippen MR) is 66.8 cm³/mol. The molecule has 0 saturated carbocycles. The molecule has 1 aromatic carbocycles. The SMILES string of the molecule is CCCN1C(=O)CSc2cc(C(=O)O)ccc21. The van der Waals surface area contributed by atoms with Gasteiger partial charge in [-0.25, -0.2) is 4.79 Å². The Morgan fingerprint density at radius 1 is 1.53 bits per heavy atom. The molecule has 0 saturated heterocycles. The number of hydrogen-bond donors (Lipinski definition) is 1. The Balaban J connectivity index is 2.40. The van der Waals surface area contributed by atoms with E-state index in [2.05, 4.69) is 0 Å². The predicted octanol–water partition coefficient (Wildman–Crippen LogP) is 2.23. The van der Waals surface area contributed by atoms with E-state index in [1.165, 1.54) is 11.8 Å². The van der Waals surface area contributed by atoms with Crippen LogP contribution in [0, 0.1) is 0 Å². The number of hydrogen-bond acceptors (Lipinski definition) is 3. The van der Waals surface area contributed by atoms with E-state index in [-0.39, 0.29) is 11.5 Å². The first-order valence-electron chi connectivity index (χ1n) is 5.44. The third-order valence-corrected chi connectivity index (χ3v) is 3.63. The van der Waals surface area contributed by atoms with E-state index in [0.717, 1.165) is 17.0 Å². The molecule has 1 aliphatic heterocycles. The standard InChI is InChI=1S/C12H13NO3S/c1-2-5-13-9-4-3-8(12(15)16)6-10(9)17-7-11(13)14/h3-4,6H,2,5,7H2,1H3,(H,15,16). The number of fused-ring (bicyclic) bond motifs is 1. The molecule has 0 bridgehead atoms. The van der Waals surface area contributed by atoms with Crippen LogP contribution in [0.3, 0.4) is 0 Å². The Kier molecular flexibility index (Phi) is 3.38. The van der Waals surface area contributed by atoms with Crippen molar-refractivity contribution in [2.45, 2.75) is 18.2 Å². The fraction of sp³-hybridized carbons (Fsp3) is 0.333. The van der Waals surface area contributed by atoms with E-state index in [1.54, 1.807) is 23.1 Å². The van der Waals surface area contributed by atoms with E-state index < -0.39 is 5.97 Å². The molecule has 0 unspecified atom stereocenters. The molecule has 1 heterocycles. The smallest absolute Gasteiger partial charge is 0.335 e. The number of rotatable bonds is 3. The molecule has 1 aliphatic rings. The van der Waals surface area contributed by atoms with Gasteiger partial charge in [0.15, 0.2) is 0 Å². The van der Waals surface area contributed by atoms with Gasteiger partial charge >= 0.3 is 5.97 Å². The second kappa shape index (κ2) is 4.79. The monoisotopic (exact) mass is 251 g/mol. The zero-order valence-corrected chi connectivity index (χ0v) is 10.3. The summed E-state index contributed by atoms with van der Waals surface area (Å²) in [5.41, 5.74) is 1.10.